The molecule has 0 aromatic heterocycles. The molecule has 0 aromatic rings. The Morgan fingerprint density at radius 3 is 2.26 bits per heavy atom. The van der Waals surface area contributed by atoms with Gasteiger partial charge in [0.15, 0.2) is 0 Å². The van der Waals surface area contributed by atoms with Gasteiger partial charge in [-0.1, -0.05) is 13.8 Å². The first-order chi connectivity index (χ1) is 10.7. The molecule has 0 fully saturated rings. The molecule has 0 radical (unpaired) electrons. The van der Waals surface area contributed by atoms with Gasteiger partial charge in [0.05, 0.1) is 18.5 Å². The van der Waals surface area contributed by atoms with E-state index in [1.807, 2.05) is 6.26 Å². The molecule has 0 saturated carbocycles. The van der Waals surface area contributed by atoms with Crippen LogP contribution in [0.2, 0.25) is 0 Å². The molecule has 2 amide bonds. The van der Waals surface area contributed by atoms with E-state index in [1.165, 1.54) is 0 Å². The van der Waals surface area contributed by atoms with Gasteiger partial charge in [0.2, 0.25) is 11.8 Å². The van der Waals surface area contributed by atoms with Crippen LogP contribution in [0.5, 0.6) is 0 Å². The van der Waals surface area contributed by atoms with Crippen LogP contribution >= 0.6 is 11.8 Å². The zero-order valence-electron chi connectivity index (χ0n) is 13.6. The number of carboxylic acid groups (broad SMARTS) is 1. The van der Waals surface area contributed by atoms with Crippen LogP contribution in [0.15, 0.2) is 0 Å². The summed E-state index contributed by atoms with van der Waals surface area (Å²) in [4.78, 5) is 45.6. The van der Waals surface area contributed by atoms with E-state index in [9.17, 15) is 19.2 Å². The van der Waals surface area contributed by atoms with Crippen LogP contribution in [0.4, 0.5) is 0 Å². The molecular formula is C14H25N3O5S. The fourth-order valence-corrected chi connectivity index (χ4v) is 2.25. The van der Waals surface area contributed by atoms with E-state index in [0.717, 1.165) is 5.75 Å². The number of rotatable bonds is 11. The van der Waals surface area contributed by atoms with Gasteiger partial charge in [0.1, 0.15) is 12.3 Å². The quantitative estimate of drug-likeness (QED) is 0.365. The van der Waals surface area contributed by atoms with E-state index in [0.29, 0.717) is 12.7 Å². The van der Waals surface area contributed by atoms with Crippen molar-refractivity contribution in [2.45, 2.75) is 44.8 Å². The highest BCUT2D eigenvalue weighted by Crippen LogP contribution is 2.05. The summed E-state index contributed by atoms with van der Waals surface area (Å²) in [6.07, 6.45) is 2.23. The Morgan fingerprint density at radius 2 is 1.83 bits per heavy atom. The van der Waals surface area contributed by atoms with Crippen LogP contribution in [0, 0.1) is 5.92 Å². The average Bonchev–Trinajstić information content (AvgIpc) is 2.47. The topological polar surface area (TPSA) is 139 Å². The standard InChI is InChI=1S/C14H25N3O5S/c1-8(2)12(17-13(21)10(15)4-5-23-3)14(22)16-9(7-18)6-11(19)20/h7-10,12H,4-6,15H2,1-3H3,(H,16,22)(H,17,21)(H,19,20)/t9-,10-,12-/m0/s1. The predicted octanol–water partition coefficient (Wildman–Crippen LogP) is -0.634. The molecule has 0 unspecified atom stereocenters. The summed E-state index contributed by atoms with van der Waals surface area (Å²) in [5, 5.41) is 13.6. The van der Waals surface area contributed by atoms with E-state index in [-0.39, 0.29) is 5.92 Å². The van der Waals surface area contributed by atoms with E-state index in [2.05, 4.69) is 10.6 Å². The monoisotopic (exact) mass is 347 g/mol. The summed E-state index contributed by atoms with van der Waals surface area (Å²) in [7, 11) is 0. The number of aliphatic carboxylic acids is 1. The van der Waals surface area contributed by atoms with Gasteiger partial charge in [-0.3, -0.25) is 14.4 Å². The zero-order chi connectivity index (χ0) is 18.0. The summed E-state index contributed by atoms with van der Waals surface area (Å²) < 4.78 is 0. The third-order valence-electron chi connectivity index (χ3n) is 3.10. The highest BCUT2D eigenvalue weighted by molar-refractivity contribution is 7.98. The van der Waals surface area contributed by atoms with Gasteiger partial charge in [-0.05, 0) is 24.3 Å². The minimum absolute atomic E-state index is 0.246. The van der Waals surface area contributed by atoms with Crippen molar-refractivity contribution in [1.29, 1.82) is 0 Å². The Bertz CT molecular complexity index is 431. The molecule has 0 rings (SSSR count). The zero-order valence-corrected chi connectivity index (χ0v) is 14.4. The lowest BCUT2D eigenvalue weighted by molar-refractivity contribution is -0.139. The van der Waals surface area contributed by atoms with Crippen LogP contribution in [0.25, 0.3) is 0 Å². The van der Waals surface area contributed by atoms with Crippen molar-refractivity contribution in [3.63, 3.8) is 0 Å². The van der Waals surface area contributed by atoms with Gasteiger partial charge in [-0.25, -0.2) is 0 Å². The Hall–Kier alpha value is -1.61. The molecule has 0 aliphatic carbocycles. The average molecular weight is 347 g/mol. The minimum Gasteiger partial charge on any atom is -0.481 e. The van der Waals surface area contributed by atoms with Crippen molar-refractivity contribution in [1.82, 2.24) is 10.6 Å². The van der Waals surface area contributed by atoms with Crippen molar-refractivity contribution >= 4 is 35.8 Å². The molecule has 8 nitrogen and oxygen atoms in total. The molecule has 0 aliphatic rings. The molecule has 0 aliphatic heterocycles. The molecule has 0 saturated heterocycles. The van der Waals surface area contributed by atoms with Crippen molar-refractivity contribution in [3.05, 3.63) is 0 Å². The molecule has 9 heteroatoms. The Kier molecular flexibility index (Phi) is 10.2. The molecule has 23 heavy (non-hydrogen) atoms. The van der Waals surface area contributed by atoms with Crippen molar-refractivity contribution in [3.8, 4) is 0 Å². The number of aldehydes is 1. The Balaban J connectivity index is 4.77. The van der Waals surface area contributed by atoms with E-state index >= 15 is 0 Å². The van der Waals surface area contributed by atoms with Crippen LogP contribution in [-0.2, 0) is 19.2 Å². The van der Waals surface area contributed by atoms with Crippen molar-refractivity contribution in [2.75, 3.05) is 12.0 Å². The second-order valence-electron chi connectivity index (χ2n) is 5.47. The van der Waals surface area contributed by atoms with Gasteiger partial charge in [-0.15, -0.1) is 0 Å². The van der Waals surface area contributed by atoms with Crippen LogP contribution in [0.3, 0.4) is 0 Å². The molecular weight excluding hydrogens is 322 g/mol. The predicted molar refractivity (Wildman–Crippen MR) is 88.0 cm³/mol. The van der Waals surface area contributed by atoms with Crippen molar-refractivity contribution in [2.24, 2.45) is 11.7 Å². The number of hydrogen-bond donors (Lipinski definition) is 4. The number of amides is 2. The lowest BCUT2D eigenvalue weighted by Crippen LogP contribution is -2.55. The first-order valence-corrected chi connectivity index (χ1v) is 8.64. The van der Waals surface area contributed by atoms with E-state index in [4.69, 9.17) is 10.8 Å². The fraction of sp³-hybridized carbons (Fsp3) is 0.714. The number of carboxylic acids is 1. The largest absolute Gasteiger partial charge is 0.481 e. The third-order valence-corrected chi connectivity index (χ3v) is 3.75. The molecule has 3 atom stereocenters. The van der Waals surface area contributed by atoms with Gasteiger partial charge >= 0.3 is 5.97 Å². The maximum Gasteiger partial charge on any atom is 0.305 e. The van der Waals surface area contributed by atoms with Crippen molar-refractivity contribution < 1.29 is 24.3 Å². The van der Waals surface area contributed by atoms with Crippen LogP contribution in [-0.4, -0.2) is 59.3 Å². The van der Waals surface area contributed by atoms with Gasteiger partial charge < -0.3 is 26.3 Å². The number of hydrogen-bond acceptors (Lipinski definition) is 6. The Morgan fingerprint density at radius 1 is 1.22 bits per heavy atom. The third kappa shape index (κ3) is 8.56. The van der Waals surface area contributed by atoms with Gasteiger partial charge in [0, 0.05) is 0 Å². The maximum absolute atomic E-state index is 12.2. The Labute approximate surface area is 139 Å². The SMILES string of the molecule is CSCC[C@H](N)C(=O)N[C@H](C(=O)N[C@H](C=O)CC(=O)O)C(C)C. The number of carbonyl (C=O) groups is 4. The first-order valence-electron chi connectivity index (χ1n) is 7.25. The summed E-state index contributed by atoms with van der Waals surface area (Å²) in [6.45, 7) is 3.45. The molecule has 132 valence electrons. The maximum atomic E-state index is 12.2. The minimum atomic E-state index is -1.20. The molecule has 0 spiro atoms. The molecule has 0 aromatic carbocycles. The summed E-state index contributed by atoms with van der Waals surface area (Å²) >= 11 is 1.56. The van der Waals surface area contributed by atoms with Crippen LogP contribution < -0.4 is 16.4 Å². The second-order valence-corrected chi connectivity index (χ2v) is 6.45. The van der Waals surface area contributed by atoms with Gasteiger partial charge in [-0.2, -0.15) is 11.8 Å². The molecule has 5 N–H and O–H groups in total. The first kappa shape index (κ1) is 21.4. The molecule has 0 heterocycles. The highest BCUT2D eigenvalue weighted by Gasteiger charge is 2.28. The van der Waals surface area contributed by atoms with E-state index < -0.39 is 42.3 Å². The van der Waals surface area contributed by atoms with Gasteiger partial charge in [0.25, 0.3) is 0 Å². The number of carbonyl (C=O) groups excluding carboxylic acids is 3. The normalized spacial score (nSPS) is 14.7. The summed E-state index contributed by atoms with van der Waals surface area (Å²) in [5.41, 5.74) is 5.75. The number of nitrogens with two attached hydrogens (primary N) is 1. The lowest BCUT2D eigenvalue weighted by atomic mass is 10.0. The second kappa shape index (κ2) is 11.0. The number of nitrogens with one attached hydrogen (secondary N) is 2. The fourth-order valence-electron chi connectivity index (χ4n) is 1.76. The lowest BCUT2D eigenvalue weighted by Gasteiger charge is -2.24. The highest BCUT2D eigenvalue weighted by atomic mass is 32.2. The van der Waals surface area contributed by atoms with E-state index in [1.54, 1.807) is 25.6 Å². The summed E-state index contributed by atoms with van der Waals surface area (Å²) in [5.74, 6) is -1.79. The summed E-state index contributed by atoms with van der Waals surface area (Å²) in [6, 6.07) is -2.75. The van der Waals surface area contributed by atoms with Crippen LogP contribution in [0.1, 0.15) is 26.7 Å². The smallest absolute Gasteiger partial charge is 0.305 e. The number of thioether (sulfide) groups is 1. The molecule has 0 bridgehead atoms.